The lowest BCUT2D eigenvalue weighted by Crippen LogP contribution is -3.15. The number of hydrogen-bond donors (Lipinski definition) is 1. The molecule has 2 heterocycles. The molecule has 4 aliphatic rings. The van der Waals surface area contributed by atoms with E-state index in [0.29, 0.717) is 11.8 Å². The van der Waals surface area contributed by atoms with Gasteiger partial charge in [0.2, 0.25) is 0 Å². The predicted molar refractivity (Wildman–Crippen MR) is 124 cm³/mol. The van der Waals surface area contributed by atoms with Crippen LogP contribution in [0.1, 0.15) is 50.2 Å². The van der Waals surface area contributed by atoms with E-state index in [0.717, 1.165) is 45.6 Å². The van der Waals surface area contributed by atoms with Crippen LogP contribution >= 0.6 is 0 Å². The van der Waals surface area contributed by atoms with Crippen molar-refractivity contribution in [3.63, 3.8) is 0 Å². The highest BCUT2D eigenvalue weighted by Crippen LogP contribution is 2.56. The van der Waals surface area contributed by atoms with E-state index in [1.165, 1.54) is 41.6 Å². The Balaban J connectivity index is 1.22. The van der Waals surface area contributed by atoms with Crippen LogP contribution in [-0.2, 0) is 9.53 Å². The number of piperazine rings is 1. The quantitative estimate of drug-likeness (QED) is 0.598. The van der Waals surface area contributed by atoms with Crippen molar-refractivity contribution < 1.29 is 14.4 Å². The highest BCUT2D eigenvalue weighted by molar-refractivity contribution is 5.75. The Morgan fingerprint density at radius 2 is 2.00 bits per heavy atom. The maximum absolute atomic E-state index is 12.9. The van der Waals surface area contributed by atoms with Gasteiger partial charge >= 0.3 is 5.97 Å². The van der Waals surface area contributed by atoms with Crippen molar-refractivity contribution in [3.8, 4) is 0 Å². The molecular formula is C27H39N2O2+. The summed E-state index contributed by atoms with van der Waals surface area (Å²) in [5.74, 6) is 1.13. The van der Waals surface area contributed by atoms with E-state index < -0.39 is 0 Å². The van der Waals surface area contributed by atoms with E-state index in [-0.39, 0.29) is 23.4 Å². The van der Waals surface area contributed by atoms with Crippen LogP contribution < -0.4 is 9.80 Å². The molecule has 1 aromatic rings. The Hall–Kier alpha value is -1.81. The maximum Gasteiger partial charge on any atom is 0.315 e. The van der Waals surface area contributed by atoms with Crippen LogP contribution in [0, 0.1) is 37.0 Å². The number of allylic oxidation sites excluding steroid dienone is 1. The van der Waals surface area contributed by atoms with Gasteiger partial charge in [-0.25, -0.2) is 0 Å². The first-order chi connectivity index (χ1) is 14.8. The first-order valence-corrected chi connectivity index (χ1v) is 12.4. The molecular weight excluding hydrogens is 384 g/mol. The number of fused-ring (bicyclic) bond motifs is 2. The van der Waals surface area contributed by atoms with Crippen LogP contribution in [0.5, 0.6) is 0 Å². The summed E-state index contributed by atoms with van der Waals surface area (Å²) in [6.45, 7) is 16.5. The number of quaternary nitrogens is 1. The molecule has 4 nitrogen and oxygen atoms in total. The monoisotopic (exact) mass is 423 g/mol. The maximum atomic E-state index is 12.9. The van der Waals surface area contributed by atoms with Crippen LogP contribution in [0.3, 0.4) is 0 Å². The molecule has 5 rings (SSSR count). The van der Waals surface area contributed by atoms with Crippen LogP contribution in [0.4, 0.5) is 5.69 Å². The Kier molecular flexibility index (Phi) is 5.40. The fourth-order valence-corrected chi connectivity index (χ4v) is 7.01. The second-order valence-corrected chi connectivity index (χ2v) is 11.1. The van der Waals surface area contributed by atoms with E-state index in [1.54, 1.807) is 4.90 Å². The molecule has 2 aliphatic heterocycles. The topological polar surface area (TPSA) is 34.0 Å². The zero-order chi connectivity index (χ0) is 21.8. The zero-order valence-corrected chi connectivity index (χ0v) is 19.6. The van der Waals surface area contributed by atoms with Gasteiger partial charge in [0.25, 0.3) is 0 Å². The van der Waals surface area contributed by atoms with Crippen molar-refractivity contribution in [1.82, 2.24) is 0 Å². The van der Waals surface area contributed by atoms with Crippen molar-refractivity contribution in [3.05, 3.63) is 41.5 Å². The molecule has 0 radical (unpaired) electrons. The van der Waals surface area contributed by atoms with E-state index in [1.807, 2.05) is 0 Å². The standard InChI is InChI=1S/C27H38N2O2/c1-18-7-8-21(14-20(18)3)29-12-10-28(11-13-29)17-23-22-15-24-19(2)6-5-9-27(24,4)16-25(22)31-26(23)30/h7-8,14,22-25H,2,5-6,9-13,15-17H2,1,3-4H3/p+1/t22-,23-,24+,25-,27-/m1/s1. The molecule has 31 heavy (non-hydrogen) atoms. The van der Waals surface area contributed by atoms with Crippen LogP contribution in [-0.4, -0.2) is 44.8 Å². The number of anilines is 1. The number of benzene rings is 1. The molecule has 2 saturated heterocycles. The summed E-state index contributed by atoms with van der Waals surface area (Å²) >= 11 is 0. The van der Waals surface area contributed by atoms with Gasteiger partial charge in [0.1, 0.15) is 12.0 Å². The molecule has 1 aromatic carbocycles. The smallest absolute Gasteiger partial charge is 0.315 e. The summed E-state index contributed by atoms with van der Waals surface area (Å²) in [6.07, 6.45) is 5.96. The van der Waals surface area contributed by atoms with Crippen molar-refractivity contribution in [1.29, 1.82) is 0 Å². The Bertz CT molecular complexity index is 872. The van der Waals surface area contributed by atoms with E-state index in [9.17, 15) is 4.79 Å². The second-order valence-electron chi connectivity index (χ2n) is 11.1. The third kappa shape index (κ3) is 3.82. The summed E-state index contributed by atoms with van der Waals surface area (Å²) in [5, 5.41) is 0. The van der Waals surface area contributed by atoms with Crippen molar-refractivity contribution >= 4 is 11.7 Å². The van der Waals surface area contributed by atoms with Crippen LogP contribution in [0.2, 0.25) is 0 Å². The molecule has 0 spiro atoms. The van der Waals surface area contributed by atoms with Crippen LogP contribution in [0.15, 0.2) is 30.4 Å². The highest BCUT2D eigenvalue weighted by Gasteiger charge is 2.56. The first-order valence-electron chi connectivity index (χ1n) is 12.4. The molecule has 0 bridgehead atoms. The summed E-state index contributed by atoms with van der Waals surface area (Å²) in [7, 11) is 0. The minimum absolute atomic E-state index is 0.0759. The zero-order valence-electron chi connectivity index (χ0n) is 19.6. The largest absolute Gasteiger partial charge is 0.462 e. The number of carbonyl (C=O) groups excluding carboxylic acids is 1. The summed E-state index contributed by atoms with van der Waals surface area (Å²) < 4.78 is 5.99. The highest BCUT2D eigenvalue weighted by atomic mass is 16.6. The number of nitrogens with one attached hydrogen (secondary N) is 1. The molecule has 5 atom stereocenters. The molecule has 0 unspecified atom stereocenters. The summed E-state index contributed by atoms with van der Waals surface area (Å²) in [5.41, 5.74) is 5.77. The molecule has 4 fully saturated rings. The Morgan fingerprint density at radius 3 is 2.74 bits per heavy atom. The fourth-order valence-electron chi connectivity index (χ4n) is 7.01. The van der Waals surface area contributed by atoms with Crippen molar-refractivity contribution in [2.24, 2.45) is 23.2 Å². The van der Waals surface area contributed by atoms with Gasteiger partial charge in [0.15, 0.2) is 0 Å². The van der Waals surface area contributed by atoms with Crippen LogP contribution in [0.25, 0.3) is 0 Å². The molecule has 4 heteroatoms. The van der Waals surface area contributed by atoms with Gasteiger partial charge in [-0.2, -0.15) is 0 Å². The molecule has 168 valence electrons. The number of rotatable bonds is 3. The van der Waals surface area contributed by atoms with Gasteiger partial charge in [0.05, 0.1) is 32.7 Å². The van der Waals surface area contributed by atoms with E-state index >= 15 is 0 Å². The molecule has 0 aromatic heterocycles. The lowest BCUT2D eigenvalue weighted by Gasteiger charge is -2.50. The Morgan fingerprint density at radius 1 is 1.23 bits per heavy atom. The third-order valence-electron chi connectivity index (χ3n) is 9.15. The SMILES string of the molecule is C=C1CCC[C@]2(C)C[C@H]3OC(=O)[C@H](C[NH+]4CCN(c5ccc(C)c(C)c5)CC4)[C@H]3C[C@@H]12. The van der Waals surface area contributed by atoms with Gasteiger partial charge in [-0.1, -0.05) is 25.1 Å². The van der Waals surface area contributed by atoms with E-state index in [4.69, 9.17) is 4.74 Å². The number of aryl methyl sites for hydroxylation is 2. The number of esters is 1. The van der Waals surface area contributed by atoms with Gasteiger partial charge in [-0.05, 0) is 80.5 Å². The minimum Gasteiger partial charge on any atom is -0.462 e. The molecule has 0 amide bonds. The number of nitrogens with zero attached hydrogens (tertiary/aromatic N) is 1. The van der Waals surface area contributed by atoms with Gasteiger partial charge < -0.3 is 14.5 Å². The molecule has 2 aliphatic carbocycles. The third-order valence-corrected chi connectivity index (χ3v) is 9.15. The number of ether oxygens (including phenoxy) is 1. The lowest BCUT2D eigenvalue weighted by molar-refractivity contribution is -0.903. The average molecular weight is 424 g/mol. The fraction of sp³-hybridized carbons (Fsp3) is 0.667. The minimum atomic E-state index is 0.0759. The summed E-state index contributed by atoms with van der Waals surface area (Å²) in [4.78, 5) is 17.0. The van der Waals surface area contributed by atoms with Crippen molar-refractivity contribution in [2.45, 2.75) is 59.0 Å². The number of carbonyl (C=O) groups is 1. The van der Waals surface area contributed by atoms with E-state index in [2.05, 4.69) is 50.4 Å². The molecule has 1 N–H and O–H groups in total. The first kappa shape index (κ1) is 21.1. The summed E-state index contributed by atoms with van der Waals surface area (Å²) in [6, 6.07) is 6.80. The van der Waals surface area contributed by atoms with Gasteiger partial charge in [-0.15, -0.1) is 0 Å². The normalized spacial score (nSPS) is 36.2. The number of hydrogen-bond acceptors (Lipinski definition) is 3. The second kappa shape index (κ2) is 7.95. The van der Waals surface area contributed by atoms with Crippen molar-refractivity contribution in [2.75, 3.05) is 37.6 Å². The molecule has 2 saturated carbocycles. The Labute approximate surface area is 187 Å². The van der Waals surface area contributed by atoms with Gasteiger partial charge in [-0.3, -0.25) is 4.79 Å². The van der Waals surface area contributed by atoms with Gasteiger partial charge in [0, 0.05) is 11.6 Å². The average Bonchev–Trinajstić information content (AvgIpc) is 3.03. The lowest BCUT2D eigenvalue weighted by atomic mass is 9.55. The predicted octanol–water partition coefficient (Wildman–Crippen LogP) is 3.32.